The molecule has 0 amide bonds. The Labute approximate surface area is 122 Å². The van der Waals surface area contributed by atoms with E-state index in [-0.39, 0.29) is 28.5 Å². The van der Waals surface area contributed by atoms with Gasteiger partial charge in [0, 0.05) is 11.1 Å². The van der Waals surface area contributed by atoms with Crippen molar-refractivity contribution in [2.45, 2.75) is 19.4 Å². The lowest BCUT2D eigenvalue weighted by atomic mass is 9.92. The van der Waals surface area contributed by atoms with Crippen LogP contribution in [0, 0.1) is 17.6 Å². The summed E-state index contributed by atoms with van der Waals surface area (Å²) in [6, 6.07) is 1.59. The predicted molar refractivity (Wildman–Crippen MR) is 74.5 cm³/mol. The first-order chi connectivity index (χ1) is 9.34. The van der Waals surface area contributed by atoms with Crippen molar-refractivity contribution in [1.82, 2.24) is 5.32 Å². The Balaban J connectivity index is 2.36. The highest BCUT2D eigenvalue weighted by molar-refractivity contribution is 7.91. The molecule has 1 fully saturated rings. The third kappa shape index (κ3) is 3.30. The van der Waals surface area contributed by atoms with Crippen LogP contribution >= 0.6 is 11.6 Å². The van der Waals surface area contributed by atoms with Crippen LogP contribution in [-0.4, -0.2) is 26.5 Å². The van der Waals surface area contributed by atoms with Crippen LogP contribution in [0.1, 0.15) is 24.9 Å². The van der Waals surface area contributed by atoms with Crippen molar-refractivity contribution < 1.29 is 17.2 Å². The molecule has 2 rings (SSSR count). The van der Waals surface area contributed by atoms with E-state index in [1.54, 1.807) is 0 Å². The van der Waals surface area contributed by atoms with Crippen LogP contribution < -0.4 is 5.32 Å². The second-order valence-electron chi connectivity index (χ2n) is 4.99. The van der Waals surface area contributed by atoms with Crippen molar-refractivity contribution in [1.29, 1.82) is 0 Å². The monoisotopic (exact) mass is 323 g/mol. The molecule has 0 aromatic heterocycles. The number of sulfone groups is 1. The van der Waals surface area contributed by atoms with Crippen LogP contribution in [0.3, 0.4) is 0 Å². The number of halogens is 3. The molecule has 1 aromatic rings. The second-order valence-corrected chi connectivity index (χ2v) is 7.62. The van der Waals surface area contributed by atoms with Crippen LogP contribution in [0.25, 0.3) is 0 Å². The summed E-state index contributed by atoms with van der Waals surface area (Å²) in [6.45, 7) is 2.45. The normalized spacial score (nSPS) is 22.9. The molecule has 1 N–H and O–H groups in total. The SMILES string of the molecule is CCNC(c1cc(F)c(F)cc1Cl)C1CCS(=O)(=O)C1. The fraction of sp³-hybridized carbons (Fsp3) is 0.538. The maximum absolute atomic E-state index is 13.4. The Kier molecular flexibility index (Phi) is 4.66. The van der Waals surface area contributed by atoms with E-state index in [4.69, 9.17) is 11.6 Å². The molecular formula is C13H16ClF2NO2S. The van der Waals surface area contributed by atoms with Crippen LogP contribution in [0.5, 0.6) is 0 Å². The number of hydrogen-bond donors (Lipinski definition) is 1. The molecule has 2 unspecified atom stereocenters. The molecule has 0 radical (unpaired) electrons. The highest BCUT2D eigenvalue weighted by Gasteiger charge is 2.35. The second kappa shape index (κ2) is 5.95. The molecule has 1 heterocycles. The predicted octanol–water partition coefficient (Wildman–Crippen LogP) is 2.70. The molecular weight excluding hydrogens is 308 g/mol. The van der Waals surface area contributed by atoms with E-state index in [2.05, 4.69) is 5.32 Å². The minimum Gasteiger partial charge on any atom is -0.310 e. The summed E-state index contributed by atoms with van der Waals surface area (Å²) in [7, 11) is -3.05. The Morgan fingerprint density at radius 2 is 2.05 bits per heavy atom. The summed E-state index contributed by atoms with van der Waals surface area (Å²) < 4.78 is 49.7. The molecule has 0 bridgehead atoms. The summed E-state index contributed by atoms with van der Waals surface area (Å²) >= 11 is 5.99. The summed E-state index contributed by atoms with van der Waals surface area (Å²) in [5, 5.41) is 3.24. The summed E-state index contributed by atoms with van der Waals surface area (Å²) in [5.41, 5.74) is 0.412. The lowest BCUT2D eigenvalue weighted by Crippen LogP contribution is -2.29. The maximum atomic E-state index is 13.4. The Morgan fingerprint density at radius 3 is 2.60 bits per heavy atom. The summed E-state index contributed by atoms with van der Waals surface area (Å²) in [6.07, 6.45) is 0.495. The smallest absolute Gasteiger partial charge is 0.160 e. The van der Waals surface area contributed by atoms with Gasteiger partial charge in [-0.15, -0.1) is 0 Å². The fourth-order valence-electron chi connectivity index (χ4n) is 2.61. The zero-order chi connectivity index (χ0) is 14.9. The first-order valence-electron chi connectivity index (χ1n) is 6.42. The highest BCUT2D eigenvalue weighted by atomic mass is 35.5. The van der Waals surface area contributed by atoms with E-state index in [1.165, 1.54) is 0 Å². The molecule has 1 saturated heterocycles. The van der Waals surface area contributed by atoms with E-state index in [0.29, 0.717) is 18.5 Å². The molecule has 1 aliphatic heterocycles. The van der Waals surface area contributed by atoms with Crippen LogP contribution in [0.15, 0.2) is 12.1 Å². The van der Waals surface area contributed by atoms with Gasteiger partial charge in [-0.2, -0.15) is 0 Å². The lowest BCUT2D eigenvalue weighted by Gasteiger charge is -2.25. The minimum atomic E-state index is -3.05. The van der Waals surface area contributed by atoms with E-state index in [1.807, 2.05) is 6.92 Å². The minimum absolute atomic E-state index is 0.0417. The van der Waals surface area contributed by atoms with Crippen molar-refractivity contribution >= 4 is 21.4 Å². The first kappa shape index (κ1) is 15.7. The van der Waals surface area contributed by atoms with Gasteiger partial charge in [-0.3, -0.25) is 0 Å². The largest absolute Gasteiger partial charge is 0.310 e. The Hall–Kier alpha value is -0.720. The number of hydrogen-bond acceptors (Lipinski definition) is 3. The van der Waals surface area contributed by atoms with Crippen molar-refractivity contribution in [3.63, 3.8) is 0 Å². The maximum Gasteiger partial charge on any atom is 0.160 e. The van der Waals surface area contributed by atoms with Gasteiger partial charge < -0.3 is 5.32 Å². The van der Waals surface area contributed by atoms with Gasteiger partial charge in [-0.05, 0) is 36.6 Å². The van der Waals surface area contributed by atoms with Crippen LogP contribution in [-0.2, 0) is 9.84 Å². The summed E-state index contributed by atoms with van der Waals surface area (Å²) in [5.74, 6) is -2.00. The van der Waals surface area contributed by atoms with Crippen molar-refractivity contribution in [3.8, 4) is 0 Å². The van der Waals surface area contributed by atoms with Crippen LogP contribution in [0.4, 0.5) is 8.78 Å². The van der Waals surface area contributed by atoms with Gasteiger partial charge in [0.15, 0.2) is 21.5 Å². The molecule has 3 nitrogen and oxygen atoms in total. The number of nitrogens with one attached hydrogen (secondary N) is 1. The quantitative estimate of drug-likeness (QED) is 0.867. The average molecular weight is 324 g/mol. The number of benzene rings is 1. The molecule has 7 heteroatoms. The van der Waals surface area contributed by atoms with Gasteiger partial charge in [0.2, 0.25) is 0 Å². The van der Waals surface area contributed by atoms with E-state index in [0.717, 1.165) is 12.1 Å². The lowest BCUT2D eigenvalue weighted by molar-refractivity contribution is 0.397. The van der Waals surface area contributed by atoms with Gasteiger partial charge >= 0.3 is 0 Å². The summed E-state index contributed by atoms with van der Waals surface area (Å²) in [4.78, 5) is 0. The average Bonchev–Trinajstić information content (AvgIpc) is 2.71. The van der Waals surface area contributed by atoms with Crippen molar-refractivity contribution in [2.24, 2.45) is 5.92 Å². The van der Waals surface area contributed by atoms with Gasteiger partial charge in [0.25, 0.3) is 0 Å². The Bertz CT molecular complexity index is 607. The van der Waals surface area contributed by atoms with E-state index in [9.17, 15) is 17.2 Å². The van der Waals surface area contributed by atoms with E-state index >= 15 is 0 Å². The first-order valence-corrected chi connectivity index (χ1v) is 8.62. The number of rotatable bonds is 4. The van der Waals surface area contributed by atoms with Gasteiger partial charge in [0.1, 0.15) is 0 Å². The van der Waals surface area contributed by atoms with Gasteiger partial charge in [-0.25, -0.2) is 17.2 Å². The van der Waals surface area contributed by atoms with E-state index < -0.39 is 21.5 Å². The molecule has 112 valence electrons. The zero-order valence-electron chi connectivity index (χ0n) is 11.0. The molecule has 1 aliphatic rings. The van der Waals surface area contributed by atoms with Crippen molar-refractivity contribution in [2.75, 3.05) is 18.1 Å². The Morgan fingerprint density at radius 1 is 1.40 bits per heavy atom. The third-order valence-electron chi connectivity index (χ3n) is 3.54. The zero-order valence-corrected chi connectivity index (χ0v) is 12.6. The molecule has 0 saturated carbocycles. The standard InChI is InChI=1S/C13H16ClF2NO2S/c1-2-17-13(8-3-4-20(18,19)7-8)9-5-11(15)12(16)6-10(9)14/h5-6,8,13,17H,2-4,7H2,1H3. The molecule has 0 spiro atoms. The van der Waals surface area contributed by atoms with Crippen LogP contribution in [0.2, 0.25) is 5.02 Å². The topological polar surface area (TPSA) is 46.2 Å². The fourth-order valence-corrected chi connectivity index (χ4v) is 4.72. The van der Waals surface area contributed by atoms with Gasteiger partial charge in [-0.1, -0.05) is 18.5 Å². The third-order valence-corrected chi connectivity index (χ3v) is 5.66. The molecule has 2 atom stereocenters. The molecule has 0 aliphatic carbocycles. The van der Waals surface area contributed by atoms with Crippen molar-refractivity contribution in [3.05, 3.63) is 34.4 Å². The van der Waals surface area contributed by atoms with Gasteiger partial charge in [0.05, 0.1) is 11.5 Å². The molecule has 1 aromatic carbocycles. The molecule has 20 heavy (non-hydrogen) atoms. The highest BCUT2D eigenvalue weighted by Crippen LogP contribution is 2.35.